The molecule has 1 aromatic heterocycles. The van der Waals surface area contributed by atoms with E-state index >= 15 is 0 Å². The van der Waals surface area contributed by atoms with Gasteiger partial charge >= 0.3 is 7.60 Å². The molecule has 0 fully saturated rings. The molecule has 1 unspecified atom stereocenters. The molecule has 3 rings (SSSR count). The van der Waals surface area contributed by atoms with Crippen LogP contribution in [0.5, 0.6) is 0 Å². The van der Waals surface area contributed by atoms with Gasteiger partial charge in [0, 0.05) is 15.9 Å². The number of nitrogens with zero attached hydrogens (tertiary/aromatic N) is 1. The number of fused-ring (bicyclic) bond motifs is 1. The molecule has 0 saturated carbocycles. The topological polar surface area (TPSA) is 77.8 Å². The predicted octanol–water partition coefficient (Wildman–Crippen LogP) is 5.23. The molecule has 0 aliphatic carbocycles. The first kappa shape index (κ1) is 20.6. The van der Waals surface area contributed by atoms with E-state index in [1.54, 1.807) is 12.1 Å². The number of hydrogen-bond donors (Lipinski definition) is 2. The molecule has 0 aliphatic heterocycles. The van der Waals surface area contributed by atoms with E-state index in [-0.39, 0.29) is 5.56 Å². The fourth-order valence-corrected chi connectivity index (χ4v) is 5.04. The second kappa shape index (κ2) is 7.73. The Balaban J connectivity index is 2.17. The van der Waals surface area contributed by atoms with Crippen molar-refractivity contribution in [3.8, 4) is 0 Å². The fourth-order valence-electron chi connectivity index (χ4n) is 2.81. The van der Waals surface area contributed by atoms with Crippen LogP contribution in [0.25, 0.3) is 10.1 Å². The van der Waals surface area contributed by atoms with Crippen LogP contribution in [-0.4, -0.2) is 15.7 Å². The van der Waals surface area contributed by atoms with Crippen molar-refractivity contribution in [3.05, 3.63) is 76.8 Å². The SMILES string of the molecule is C=CN(C(=O)C(c1csc2ccc(Cl)cc12)P(=O)(O)O)c1cccc(F)c1F. The Bertz CT molecular complexity index is 1130. The Morgan fingerprint density at radius 3 is 2.64 bits per heavy atom. The number of benzene rings is 2. The summed E-state index contributed by atoms with van der Waals surface area (Å²) in [5.74, 6) is -3.69. The molecule has 28 heavy (non-hydrogen) atoms. The Morgan fingerprint density at radius 1 is 1.29 bits per heavy atom. The van der Waals surface area contributed by atoms with E-state index in [1.807, 2.05) is 0 Å². The summed E-state index contributed by atoms with van der Waals surface area (Å²) in [7, 11) is -5.05. The van der Waals surface area contributed by atoms with E-state index in [9.17, 15) is 27.9 Å². The van der Waals surface area contributed by atoms with Crippen molar-refractivity contribution in [3.63, 3.8) is 0 Å². The average molecular weight is 444 g/mol. The second-order valence-electron chi connectivity index (χ2n) is 5.79. The summed E-state index contributed by atoms with van der Waals surface area (Å²) in [5, 5.41) is 2.15. The van der Waals surface area contributed by atoms with Gasteiger partial charge in [0.1, 0.15) is 0 Å². The van der Waals surface area contributed by atoms with Crippen molar-refractivity contribution < 1.29 is 27.9 Å². The van der Waals surface area contributed by atoms with Crippen molar-refractivity contribution in [2.24, 2.45) is 0 Å². The first-order valence-corrected chi connectivity index (χ1v) is 10.7. The molecule has 3 aromatic rings. The highest BCUT2D eigenvalue weighted by Gasteiger charge is 2.41. The quantitative estimate of drug-likeness (QED) is 0.529. The monoisotopic (exact) mass is 443 g/mol. The van der Waals surface area contributed by atoms with Crippen LogP contribution >= 0.6 is 30.5 Å². The van der Waals surface area contributed by atoms with Gasteiger partial charge in [0.25, 0.3) is 5.91 Å². The third-order valence-corrected chi connectivity index (χ3v) is 6.43. The Kier molecular flexibility index (Phi) is 5.70. The van der Waals surface area contributed by atoms with Gasteiger partial charge in [-0.05, 0) is 46.7 Å². The maximum atomic E-state index is 14.2. The Labute approximate surface area is 167 Å². The summed E-state index contributed by atoms with van der Waals surface area (Å²) in [6, 6.07) is 7.89. The molecule has 1 heterocycles. The van der Waals surface area contributed by atoms with Gasteiger partial charge in [-0.25, -0.2) is 8.78 Å². The normalized spacial score (nSPS) is 12.8. The summed E-state index contributed by atoms with van der Waals surface area (Å²) in [5.41, 5.74) is -2.40. The van der Waals surface area contributed by atoms with E-state index in [1.165, 1.54) is 28.8 Å². The van der Waals surface area contributed by atoms with Crippen LogP contribution in [0.3, 0.4) is 0 Å². The highest BCUT2D eigenvalue weighted by molar-refractivity contribution is 7.53. The molecule has 146 valence electrons. The molecule has 10 heteroatoms. The van der Waals surface area contributed by atoms with Crippen LogP contribution in [0.4, 0.5) is 14.5 Å². The first-order chi connectivity index (χ1) is 13.1. The zero-order valence-electron chi connectivity index (χ0n) is 14.1. The van der Waals surface area contributed by atoms with E-state index in [4.69, 9.17) is 11.6 Å². The van der Waals surface area contributed by atoms with Crippen LogP contribution in [0.2, 0.25) is 5.02 Å². The number of rotatable bonds is 5. The minimum atomic E-state index is -5.05. The van der Waals surface area contributed by atoms with Gasteiger partial charge < -0.3 is 9.79 Å². The molecule has 2 aromatic carbocycles. The lowest BCUT2D eigenvalue weighted by Crippen LogP contribution is -2.31. The molecule has 0 bridgehead atoms. The fraction of sp³-hybridized carbons (Fsp3) is 0.0556. The van der Waals surface area contributed by atoms with E-state index in [0.717, 1.165) is 18.3 Å². The standard InChI is InChI=1S/C18H13ClF2NO4PS/c1-2-22(14-5-3-4-13(20)16(14)21)18(23)17(27(24,25)26)12-9-28-15-7-6-10(19)8-11(12)15/h2-9,17H,1H2,(H2,24,25,26). The van der Waals surface area contributed by atoms with Crippen molar-refractivity contribution in [2.45, 2.75) is 5.66 Å². The van der Waals surface area contributed by atoms with Gasteiger partial charge in [0.15, 0.2) is 17.3 Å². The zero-order valence-corrected chi connectivity index (χ0v) is 16.5. The molecule has 0 saturated heterocycles. The summed E-state index contributed by atoms with van der Waals surface area (Å²) < 4.78 is 40.6. The number of anilines is 1. The number of thiophene rings is 1. The smallest absolute Gasteiger partial charge is 0.324 e. The summed E-state index contributed by atoms with van der Waals surface area (Å²) >= 11 is 7.15. The lowest BCUT2D eigenvalue weighted by molar-refractivity contribution is -0.118. The predicted molar refractivity (Wildman–Crippen MR) is 106 cm³/mol. The summed E-state index contributed by atoms with van der Waals surface area (Å²) in [6.45, 7) is 3.40. The minimum absolute atomic E-state index is 0.0458. The van der Waals surface area contributed by atoms with Gasteiger partial charge in [0.05, 0.1) is 5.69 Å². The van der Waals surface area contributed by atoms with Gasteiger partial charge in [-0.2, -0.15) is 0 Å². The Hall–Kier alpha value is -2.09. The number of amides is 1. The molecular weight excluding hydrogens is 431 g/mol. The Morgan fingerprint density at radius 2 is 2.00 bits per heavy atom. The van der Waals surface area contributed by atoms with Gasteiger partial charge in [-0.1, -0.05) is 24.2 Å². The maximum Gasteiger partial charge on any atom is 0.342 e. The van der Waals surface area contributed by atoms with Crippen molar-refractivity contribution >= 4 is 52.2 Å². The number of carbonyl (C=O) groups is 1. The minimum Gasteiger partial charge on any atom is -0.324 e. The highest BCUT2D eigenvalue weighted by Crippen LogP contribution is 2.55. The average Bonchev–Trinajstić information content (AvgIpc) is 3.01. The van der Waals surface area contributed by atoms with Gasteiger partial charge in [-0.3, -0.25) is 14.3 Å². The highest BCUT2D eigenvalue weighted by atomic mass is 35.5. The first-order valence-electron chi connectivity index (χ1n) is 7.76. The van der Waals surface area contributed by atoms with Crippen LogP contribution in [-0.2, 0) is 9.36 Å². The van der Waals surface area contributed by atoms with Crippen molar-refractivity contribution in [2.75, 3.05) is 4.90 Å². The van der Waals surface area contributed by atoms with Gasteiger partial charge in [0.2, 0.25) is 0 Å². The van der Waals surface area contributed by atoms with E-state index in [2.05, 4.69) is 6.58 Å². The van der Waals surface area contributed by atoms with Crippen molar-refractivity contribution in [1.29, 1.82) is 0 Å². The maximum absolute atomic E-state index is 14.2. The largest absolute Gasteiger partial charge is 0.342 e. The molecule has 0 spiro atoms. The van der Waals surface area contributed by atoms with Crippen LogP contribution < -0.4 is 4.90 Å². The molecule has 1 amide bonds. The molecule has 1 atom stereocenters. The molecular formula is C18H13ClF2NO4PS. The third kappa shape index (κ3) is 3.74. The molecule has 5 nitrogen and oxygen atoms in total. The number of halogens is 3. The van der Waals surface area contributed by atoms with E-state index < -0.39 is 36.5 Å². The number of hydrogen-bond acceptors (Lipinski definition) is 3. The zero-order chi connectivity index (χ0) is 20.6. The van der Waals surface area contributed by atoms with Gasteiger partial charge in [-0.15, -0.1) is 11.3 Å². The lowest BCUT2D eigenvalue weighted by Gasteiger charge is -2.25. The van der Waals surface area contributed by atoms with E-state index in [0.29, 0.717) is 20.0 Å². The molecule has 2 N–H and O–H groups in total. The van der Waals surface area contributed by atoms with Crippen LogP contribution in [0.1, 0.15) is 11.2 Å². The van der Waals surface area contributed by atoms with Crippen LogP contribution in [0.15, 0.2) is 54.6 Å². The van der Waals surface area contributed by atoms with Crippen molar-refractivity contribution in [1.82, 2.24) is 0 Å². The molecule has 0 radical (unpaired) electrons. The number of carbonyl (C=O) groups excluding carboxylic acids is 1. The lowest BCUT2D eigenvalue weighted by atomic mass is 10.1. The second-order valence-corrected chi connectivity index (χ2v) is 8.83. The third-order valence-electron chi connectivity index (χ3n) is 4.04. The summed E-state index contributed by atoms with van der Waals surface area (Å²) in [4.78, 5) is 33.4. The van der Waals surface area contributed by atoms with Crippen LogP contribution in [0, 0.1) is 11.6 Å². The molecule has 0 aliphatic rings. The summed E-state index contributed by atoms with van der Waals surface area (Å²) in [6.07, 6.45) is 0.879.